The summed E-state index contributed by atoms with van der Waals surface area (Å²) in [6.45, 7) is 1.34. The number of ether oxygens (including phenoxy) is 1. The van der Waals surface area contributed by atoms with Gasteiger partial charge in [-0.3, -0.25) is 18.7 Å². The van der Waals surface area contributed by atoms with Crippen molar-refractivity contribution in [3.05, 3.63) is 38.7 Å². The van der Waals surface area contributed by atoms with Crippen molar-refractivity contribution >= 4 is 16.9 Å². The minimum Gasteiger partial charge on any atom is -0.383 e. The first kappa shape index (κ1) is 19.6. The summed E-state index contributed by atoms with van der Waals surface area (Å²) in [4.78, 5) is 40.1. The number of rotatable bonds is 5. The predicted molar refractivity (Wildman–Crippen MR) is 85.7 cm³/mol. The minimum atomic E-state index is -4.71. The molecule has 8 nitrogen and oxygen atoms in total. The van der Waals surface area contributed by atoms with Crippen molar-refractivity contribution in [2.45, 2.75) is 25.7 Å². The highest BCUT2D eigenvalue weighted by molar-refractivity contribution is 5.77. The number of halogens is 3. The molecular weight excluding hydrogens is 357 g/mol. The van der Waals surface area contributed by atoms with E-state index in [1.807, 2.05) is 0 Å². The SMILES string of the molecule is COC[C@H](C)NC(=O)Cn1c(=O)c2ccc(C(F)(F)F)nc2n(C)c1=O. The zero-order valence-electron chi connectivity index (χ0n) is 14.3. The first-order chi connectivity index (χ1) is 12.1. The molecule has 26 heavy (non-hydrogen) atoms. The smallest absolute Gasteiger partial charge is 0.383 e. The zero-order chi connectivity index (χ0) is 19.6. The molecule has 1 atom stereocenters. The molecule has 1 amide bonds. The Morgan fingerprint density at radius 2 is 2.00 bits per heavy atom. The van der Waals surface area contributed by atoms with Gasteiger partial charge in [-0.05, 0) is 19.1 Å². The molecule has 0 unspecified atom stereocenters. The van der Waals surface area contributed by atoms with Crippen molar-refractivity contribution in [3.63, 3.8) is 0 Å². The van der Waals surface area contributed by atoms with Gasteiger partial charge < -0.3 is 10.1 Å². The summed E-state index contributed by atoms with van der Waals surface area (Å²) in [6, 6.07) is 1.25. The van der Waals surface area contributed by atoms with Crippen LogP contribution in [0, 0.1) is 0 Å². The highest BCUT2D eigenvalue weighted by atomic mass is 19.4. The number of aryl methyl sites for hydroxylation is 1. The van der Waals surface area contributed by atoms with E-state index in [9.17, 15) is 27.6 Å². The van der Waals surface area contributed by atoms with E-state index >= 15 is 0 Å². The maximum absolute atomic E-state index is 12.8. The Bertz CT molecular complexity index is 949. The second-order valence-corrected chi connectivity index (χ2v) is 5.72. The van der Waals surface area contributed by atoms with Gasteiger partial charge in [0.1, 0.15) is 17.9 Å². The normalized spacial score (nSPS) is 13.0. The van der Waals surface area contributed by atoms with Crippen molar-refractivity contribution in [2.24, 2.45) is 7.05 Å². The summed E-state index contributed by atoms with van der Waals surface area (Å²) < 4.78 is 44.7. The summed E-state index contributed by atoms with van der Waals surface area (Å²) in [5.74, 6) is -0.604. The van der Waals surface area contributed by atoms with Crippen LogP contribution in [0.4, 0.5) is 13.2 Å². The number of hydrogen-bond acceptors (Lipinski definition) is 5. The molecule has 0 saturated carbocycles. The number of carbonyl (C=O) groups is 1. The molecule has 2 rings (SSSR count). The highest BCUT2D eigenvalue weighted by Crippen LogP contribution is 2.28. The van der Waals surface area contributed by atoms with Crippen LogP contribution >= 0.6 is 0 Å². The van der Waals surface area contributed by atoms with E-state index in [0.29, 0.717) is 10.6 Å². The maximum Gasteiger partial charge on any atom is 0.433 e. The van der Waals surface area contributed by atoms with Crippen LogP contribution in [-0.2, 0) is 29.3 Å². The Labute approximate surface area is 145 Å². The maximum atomic E-state index is 12.8. The van der Waals surface area contributed by atoms with Crippen LogP contribution in [0.5, 0.6) is 0 Å². The molecule has 11 heteroatoms. The molecule has 1 N–H and O–H groups in total. The van der Waals surface area contributed by atoms with Gasteiger partial charge in [-0.15, -0.1) is 0 Å². The molecule has 0 aliphatic carbocycles. The number of carbonyl (C=O) groups excluding carboxylic acids is 1. The molecule has 0 spiro atoms. The number of alkyl halides is 3. The quantitative estimate of drug-likeness (QED) is 0.810. The molecule has 0 fully saturated rings. The third-order valence-corrected chi connectivity index (χ3v) is 3.60. The largest absolute Gasteiger partial charge is 0.433 e. The summed E-state index contributed by atoms with van der Waals surface area (Å²) in [7, 11) is 2.63. The Morgan fingerprint density at radius 3 is 2.58 bits per heavy atom. The fourth-order valence-corrected chi connectivity index (χ4v) is 2.43. The molecule has 142 valence electrons. The molecule has 0 radical (unpaired) electrons. The Kier molecular flexibility index (Phi) is 5.50. The molecule has 0 aliphatic heterocycles. The fraction of sp³-hybridized carbons (Fsp3) is 0.467. The number of fused-ring (bicyclic) bond motifs is 1. The molecule has 2 aromatic rings. The van der Waals surface area contributed by atoms with E-state index in [0.717, 1.165) is 10.6 Å². The van der Waals surface area contributed by atoms with Gasteiger partial charge in [-0.2, -0.15) is 13.2 Å². The minimum absolute atomic E-state index is 0.196. The van der Waals surface area contributed by atoms with E-state index < -0.39 is 41.2 Å². The standard InChI is InChI=1S/C15H17F3N4O4/c1-8(7-26-3)19-11(23)6-22-13(24)9-4-5-10(15(16,17)18)20-12(9)21(2)14(22)25/h4-5,8H,6-7H2,1-3H3,(H,19,23)/t8-/m0/s1. The number of amides is 1. The Morgan fingerprint density at radius 1 is 1.35 bits per heavy atom. The van der Waals surface area contributed by atoms with Crippen LogP contribution < -0.4 is 16.6 Å². The van der Waals surface area contributed by atoms with E-state index in [1.54, 1.807) is 6.92 Å². The van der Waals surface area contributed by atoms with Gasteiger partial charge in [0, 0.05) is 20.2 Å². The molecular formula is C15H17F3N4O4. The van der Waals surface area contributed by atoms with Crippen LogP contribution in [0.3, 0.4) is 0 Å². The Hall–Kier alpha value is -2.69. The average molecular weight is 374 g/mol. The Balaban J connectivity index is 2.48. The highest BCUT2D eigenvalue weighted by Gasteiger charge is 2.33. The first-order valence-electron chi connectivity index (χ1n) is 7.52. The lowest BCUT2D eigenvalue weighted by Crippen LogP contribution is -2.45. The van der Waals surface area contributed by atoms with E-state index in [-0.39, 0.29) is 18.0 Å². The number of pyridine rings is 1. The summed E-state index contributed by atoms with van der Waals surface area (Å²) >= 11 is 0. The van der Waals surface area contributed by atoms with E-state index in [1.165, 1.54) is 14.2 Å². The van der Waals surface area contributed by atoms with Crippen LogP contribution in [0.1, 0.15) is 12.6 Å². The number of aromatic nitrogens is 3. The van der Waals surface area contributed by atoms with Crippen LogP contribution in [0.25, 0.3) is 11.0 Å². The fourth-order valence-electron chi connectivity index (χ4n) is 2.43. The lowest BCUT2D eigenvalue weighted by Gasteiger charge is -2.14. The number of nitrogens with zero attached hydrogens (tertiary/aromatic N) is 3. The number of hydrogen-bond donors (Lipinski definition) is 1. The van der Waals surface area contributed by atoms with Gasteiger partial charge >= 0.3 is 11.9 Å². The molecule has 0 saturated heterocycles. The molecule has 0 bridgehead atoms. The van der Waals surface area contributed by atoms with Crippen molar-refractivity contribution in [1.82, 2.24) is 19.4 Å². The van der Waals surface area contributed by atoms with Gasteiger partial charge in [-0.25, -0.2) is 9.78 Å². The van der Waals surface area contributed by atoms with Crippen LogP contribution in [-0.4, -0.2) is 39.8 Å². The van der Waals surface area contributed by atoms with Crippen molar-refractivity contribution < 1.29 is 22.7 Å². The van der Waals surface area contributed by atoms with Crippen molar-refractivity contribution in [1.29, 1.82) is 0 Å². The molecule has 0 aromatic carbocycles. The summed E-state index contributed by atoms with van der Waals surface area (Å²) in [6.07, 6.45) is -4.71. The average Bonchev–Trinajstić information content (AvgIpc) is 2.55. The molecule has 2 heterocycles. The van der Waals surface area contributed by atoms with E-state index in [2.05, 4.69) is 10.3 Å². The monoisotopic (exact) mass is 374 g/mol. The van der Waals surface area contributed by atoms with Crippen molar-refractivity contribution in [3.8, 4) is 0 Å². The predicted octanol–water partition coefficient (Wildman–Crippen LogP) is 0.265. The van der Waals surface area contributed by atoms with Gasteiger partial charge in [0.05, 0.1) is 12.0 Å². The first-order valence-corrected chi connectivity index (χ1v) is 7.52. The lowest BCUT2D eigenvalue weighted by molar-refractivity contribution is -0.141. The lowest BCUT2D eigenvalue weighted by atomic mass is 10.2. The zero-order valence-corrected chi connectivity index (χ0v) is 14.3. The second kappa shape index (κ2) is 7.28. The van der Waals surface area contributed by atoms with Gasteiger partial charge in [-0.1, -0.05) is 0 Å². The molecule has 0 aliphatic rings. The number of methoxy groups -OCH3 is 1. The second-order valence-electron chi connectivity index (χ2n) is 5.72. The third kappa shape index (κ3) is 3.93. The van der Waals surface area contributed by atoms with Gasteiger partial charge in [0.25, 0.3) is 5.56 Å². The van der Waals surface area contributed by atoms with Gasteiger partial charge in [0.15, 0.2) is 0 Å². The van der Waals surface area contributed by atoms with Gasteiger partial charge in [0.2, 0.25) is 5.91 Å². The van der Waals surface area contributed by atoms with E-state index in [4.69, 9.17) is 4.74 Å². The van der Waals surface area contributed by atoms with Crippen LogP contribution in [0.15, 0.2) is 21.7 Å². The van der Waals surface area contributed by atoms with Crippen molar-refractivity contribution in [2.75, 3.05) is 13.7 Å². The summed E-state index contributed by atoms with van der Waals surface area (Å²) in [5, 5.41) is 2.35. The number of nitrogens with one attached hydrogen (secondary N) is 1. The summed E-state index contributed by atoms with van der Waals surface area (Å²) in [5.41, 5.74) is -3.45. The molecule has 2 aromatic heterocycles. The van der Waals surface area contributed by atoms with Crippen LogP contribution in [0.2, 0.25) is 0 Å². The third-order valence-electron chi connectivity index (χ3n) is 3.60. The topological polar surface area (TPSA) is 95.2 Å².